The van der Waals surface area contributed by atoms with Gasteiger partial charge in [0.1, 0.15) is 17.3 Å². The number of carbonyl (C=O) groups excluding carboxylic acids is 2. The average molecular weight is 400 g/mol. The van der Waals surface area contributed by atoms with Gasteiger partial charge < -0.3 is 14.2 Å². The molecule has 156 valence electrons. The number of halogens is 1. The van der Waals surface area contributed by atoms with E-state index in [-0.39, 0.29) is 36.0 Å². The molecule has 1 saturated carbocycles. The fourth-order valence-corrected chi connectivity index (χ4v) is 3.33. The Bertz CT molecular complexity index is 840. The second kappa shape index (κ2) is 9.25. The molecule has 3 rings (SSSR count). The van der Waals surface area contributed by atoms with Crippen molar-refractivity contribution in [1.29, 1.82) is 0 Å². The van der Waals surface area contributed by atoms with Crippen LogP contribution in [-0.2, 0) is 22.7 Å². The standard InChI is InChI=1S/C23H29FN2O3/c1-16(2)12-26(23(28)19-7-8-19)15-22(27)25(14-21-11-4-17(3)29-21)13-18-5-9-20(24)10-6-18/h4-6,9-11,16,19H,7-8,12-15H2,1-3H3. The van der Waals surface area contributed by atoms with Crippen molar-refractivity contribution < 1.29 is 18.4 Å². The van der Waals surface area contributed by atoms with Crippen molar-refractivity contribution in [2.24, 2.45) is 11.8 Å². The monoisotopic (exact) mass is 400 g/mol. The van der Waals surface area contributed by atoms with Crippen LogP contribution in [0.3, 0.4) is 0 Å². The van der Waals surface area contributed by atoms with Gasteiger partial charge in [0.2, 0.25) is 11.8 Å². The molecule has 5 nitrogen and oxygen atoms in total. The maximum Gasteiger partial charge on any atom is 0.242 e. The first-order valence-corrected chi connectivity index (χ1v) is 10.2. The maximum atomic E-state index is 13.3. The smallest absolute Gasteiger partial charge is 0.242 e. The highest BCUT2D eigenvalue weighted by molar-refractivity contribution is 5.87. The summed E-state index contributed by atoms with van der Waals surface area (Å²) in [6.45, 7) is 7.18. The van der Waals surface area contributed by atoms with Crippen LogP contribution in [0, 0.1) is 24.6 Å². The summed E-state index contributed by atoms with van der Waals surface area (Å²) >= 11 is 0. The lowest BCUT2D eigenvalue weighted by Crippen LogP contribution is -2.44. The van der Waals surface area contributed by atoms with Crippen molar-refractivity contribution in [1.82, 2.24) is 9.80 Å². The normalized spacial score (nSPS) is 13.6. The third-order valence-electron chi connectivity index (χ3n) is 4.93. The minimum absolute atomic E-state index is 0.0500. The van der Waals surface area contributed by atoms with E-state index >= 15 is 0 Å². The Morgan fingerprint density at radius 3 is 2.31 bits per heavy atom. The molecule has 1 aliphatic carbocycles. The number of hydrogen-bond acceptors (Lipinski definition) is 3. The molecule has 29 heavy (non-hydrogen) atoms. The van der Waals surface area contributed by atoms with E-state index in [9.17, 15) is 14.0 Å². The first-order chi connectivity index (χ1) is 13.8. The molecule has 0 aliphatic heterocycles. The Balaban J connectivity index is 1.75. The molecule has 0 saturated heterocycles. The molecule has 1 aromatic heterocycles. The fraction of sp³-hybridized carbons (Fsp3) is 0.478. The molecule has 0 unspecified atom stereocenters. The van der Waals surface area contributed by atoms with Crippen molar-refractivity contribution in [3.63, 3.8) is 0 Å². The molecule has 6 heteroatoms. The van der Waals surface area contributed by atoms with E-state index in [4.69, 9.17) is 4.42 Å². The molecule has 0 N–H and O–H groups in total. The zero-order valence-electron chi connectivity index (χ0n) is 17.4. The summed E-state index contributed by atoms with van der Waals surface area (Å²) in [5.41, 5.74) is 0.826. The number of nitrogens with zero attached hydrogens (tertiary/aromatic N) is 2. The van der Waals surface area contributed by atoms with Crippen LogP contribution in [0.4, 0.5) is 4.39 Å². The molecule has 0 spiro atoms. The lowest BCUT2D eigenvalue weighted by atomic mass is 10.1. The van der Waals surface area contributed by atoms with Gasteiger partial charge in [-0.05, 0) is 55.5 Å². The van der Waals surface area contributed by atoms with Crippen LogP contribution >= 0.6 is 0 Å². The first kappa shape index (κ1) is 21.1. The summed E-state index contributed by atoms with van der Waals surface area (Å²) in [7, 11) is 0. The van der Waals surface area contributed by atoms with Crippen LogP contribution in [0.15, 0.2) is 40.8 Å². The number of carbonyl (C=O) groups is 2. The first-order valence-electron chi connectivity index (χ1n) is 10.2. The van der Waals surface area contributed by atoms with Gasteiger partial charge in [-0.3, -0.25) is 9.59 Å². The third kappa shape index (κ3) is 6.17. The average Bonchev–Trinajstić information content (AvgIpc) is 3.44. The minimum atomic E-state index is -0.313. The third-order valence-corrected chi connectivity index (χ3v) is 4.93. The Hall–Kier alpha value is -2.63. The van der Waals surface area contributed by atoms with E-state index < -0.39 is 0 Å². The van der Waals surface area contributed by atoms with Crippen LogP contribution in [-0.4, -0.2) is 34.7 Å². The van der Waals surface area contributed by atoms with Crippen LogP contribution in [0.25, 0.3) is 0 Å². The molecule has 2 amide bonds. The lowest BCUT2D eigenvalue weighted by Gasteiger charge is -2.28. The van der Waals surface area contributed by atoms with Crippen LogP contribution in [0.2, 0.25) is 0 Å². The number of hydrogen-bond donors (Lipinski definition) is 0. The Morgan fingerprint density at radius 1 is 1.07 bits per heavy atom. The molecule has 2 aromatic rings. The summed E-state index contributed by atoms with van der Waals surface area (Å²) in [6.07, 6.45) is 1.82. The summed E-state index contributed by atoms with van der Waals surface area (Å²) < 4.78 is 18.9. The van der Waals surface area contributed by atoms with Crippen molar-refractivity contribution in [3.8, 4) is 0 Å². The van der Waals surface area contributed by atoms with E-state index in [2.05, 4.69) is 0 Å². The lowest BCUT2D eigenvalue weighted by molar-refractivity contribution is -0.142. The van der Waals surface area contributed by atoms with Crippen molar-refractivity contribution >= 4 is 11.8 Å². The highest BCUT2D eigenvalue weighted by Gasteiger charge is 2.35. The second-order valence-corrected chi connectivity index (χ2v) is 8.28. The molecular weight excluding hydrogens is 371 g/mol. The largest absolute Gasteiger partial charge is 0.464 e. The SMILES string of the molecule is Cc1ccc(CN(Cc2ccc(F)cc2)C(=O)CN(CC(C)C)C(=O)C2CC2)o1. The van der Waals surface area contributed by atoms with Gasteiger partial charge in [-0.15, -0.1) is 0 Å². The van der Waals surface area contributed by atoms with Gasteiger partial charge in [-0.2, -0.15) is 0 Å². The predicted molar refractivity (Wildman–Crippen MR) is 108 cm³/mol. The minimum Gasteiger partial charge on any atom is -0.464 e. The van der Waals surface area contributed by atoms with Crippen molar-refractivity contribution in [3.05, 3.63) is 59.3 Å². The number of benzene rings is 1. The highest BCUT2D eigenvalue weighted by Crippen LogP contribution is 2.31. The summed E-state index contributed by atoms with van der Waals surface area (Å²) in [4.78, 5) is 29.2. The molecule has 0 atom stereocenters. The van der Waals surface area contributed by atoms with Gasteiger partial charge >= 0.3 is 0 Å². The van der Waals surface area contributed by atoms with Gasteiger partial charge in [0.05, 0.1) is 13.1 Å². The maximum absolute atomic E-state index is 13.3. The summed E-state index contributed by atoms with van der Waals surface area (Å²) in [5.74, 6) is 1.43. The van der Waals surface area contributed by atoms with Crippen molar-refractivity contribution in [2.45, 2.75) is 46.7 Å². The van der Waals surface area contributed by atoms with Crippen molar-refractivity contribution in [2.75, 3.05) is 13.1 Å². The van der Waals surface area contributed by atoms with E-state index in [0.717, 1.165) is 24.2 Å². The molecule has 1 aromatic carbocycles. The second-order valence-electron chi connectivity index (χ2n) is 8.28. The van der Waals surface area contributed by atoms with Gasteiger partial charge in [0, 0.05) is 19.0 Å². The van der Waals surface area contributed by atoms with Crippen LogP contribution < -0.4 is 0 Å². The number of rotatable bonds is 9. The van der Waals surface area contributed by atoms with Gasteiger partial charge in [0.25, 0.3) is 0 Å². The molecule has 0 bridgehead atoms. The Labute approximate surface area is 171 Å². The highest BCUT2D eigenvalue weighted by atomic mass is 19.1. The van der Waals surface area contributed by atoms with Gasteiger partial charge in [0.15, 0.2) is 0 Å². The predicted octanol–water partition coefficient (Wildman–Crippen LogP) is 4.15. The van der Waals surface area contributed by atoms with E-state index in [1.165, 1.54) is 12.1 Å². The molecule has 1 heterocycles. The van der Waals surface area contributed by atoms with E-state index in [1.807, 2.05) is 32.9 Å². The number of aryl methyl sites for hydroxylation is 1. The molecule has 0 radical (unpaired) electrons. The van der Waals surface area contributed by atoms with Gasteiger partial charge in [-0.1, -0.05) is 26.0 Å². The Kier molecular flexibility index (Phi) is 6.72. The van der Waals surface area contributed by atoms with E-state index in [1.54, 1.807) is 21.9 Å². The topological polar surface area (TPSA) is 53.8 Å². The zero-order valence-corrected chi connectivity index (χ0v) is 17.4. The van der Waals surface area contributed by atoms with Crippen LogP contribution in [0.1, 0.15) is 43.8 Å². The van der Waals surface area contributed by atoms with E-state index in [0.29, 0.717) is 25.4 Å². The molecular formula is C23H29FN2O3. The zero-order chi connectivity index (χ0) is 21.0. The molecule has 1 aliphatic rings. The summed E-state index contributed by atoms with van der Waals surface area (Å²) in [5, 5.41) is 0. The van der Waals surface area contributed by atoms with Gasteiger partial charge in [-0.25, -0.2) is 4.39 Å². The van der Waals surface area contributed by atoms with Crippen LogP contribution in [0.5, 0.6) is 0 Å². The quantitative estimate of drug-likeness (QED) is 0.635. The molecule has 1 fully saturated rings. The fourth-order valence-electron chi connectivity index (χ4n) is 3.33. The Morgan fingerprint density at radius 2 is 1.76 bits per heavy atom. The number of furan rings is 1. The number of amides is 2. The summed E-state index contributed by atoms with van der Waals surface area (Å²) in [6, 6.07) is 9.82.